The summed E-state index contributed by atoms with van der Waals surface area (Å²) in [5.41, 5.74) is 1.48. The van der Waals surface area contributed by atoms with Gasteiger partial charge in [0, 0.05) is 20.3 Å². The molecule has 0 bridgehead atoms. The number of rotatable bonds is 6. The summed E-state index contributed by atoms with van der Waals surface area (Å²) in [6, 6.07) is 3.58. The average molecular weight is 374 g/mol. The summed E-state index contributed by atoms with van der Waals surface area (Å²) in [5, 5.41) is 4.94. The van der Waals surface area contributed by atoms with Crippen molar-refractivity contribution in [3.63, 3.8) is 0 Å². The summed E-state index contributed by atoms with van der Waals surface area (Å²) >= 11 is 0. The third-order valence-corrected chi connectivity index (χ3v) is 3.81. The molecule has 9 nitrogen and oxygen atoms in total. The van der Waals surface area contributed by atoms with Crippen molar-refractivity contribution in [1.29, 1.82) is 0 Å². The molecule has 0 aliphatic carbocycles. The monoisotopic (exact) mass is 374 g/mol. The molecule has 9 heteroatoms. The second-order valence-electron chi connectivity index (χ2n) is 5.91. The number of benzene rings is 1. The first-order valence-corrected chi connectivity index (χ1v) is 8.15. The van der Waals surface area contributed by atoms with Crippen molar-refractivity contribution in [2.45, 2.75) is 27.2 Å². The van der Waals surface area contributed by atoms with Gasteiger partial charge in [-0.2, -0.15) is 4.98 Å². The number of methoxy groups -OCH3 is 2. The molecule has 0 radical (unpaired) electrons. The number of nitrogens with one attached hydrogen (secondary N) is 3. The number of aryl methyl sites for hydroxylation is 1. The zero-order valence-electron chi connectivity index (χ0n) is 15.9. The van der Waals surface area contributed by atoms with E-state index in [0.29, 0.717) is 11.5 Å². The van der Waals surface area contributed by atoms with Gasteiger partial charge in [-0.05, 0) is 30.2 Å². The van der Waals surface area contributed by atoms with E-state index >= 15 is 0 Å². The van der Waals surface area contributed by atoms with Gasteiger partial charge in [-0.25, -0.2) is 0 Å². The lowest BCUT2D eigenvalue weighted by atomic mass is 10.0. The maximum atomic E-state index is 12.6. The van der Waals surface area contributed by atoms with Crippen LogP contribution in [0, 0.1) is 6.92 Å². The number of hydrogen-bond donors (Lipinski definition) is 3. The molecule has 144 valence electrons. The van der Waals surface area contributed by atoms with Crippen molar-refractivity contribution in [3.8, 4) is 11.5 Å². The summed E-state index contributed by atoms with van der Waals surface area (Å²) in [6.45, 7) is 4.48. The standard InChI is InChI=1S/C18H22N4O5/c1-9-6-14(26-4)15(27-5)8-12(9)7-13-16(19-10(2)23)21-18(20-11(3)24)22-17(13)25/h6,8H,7H2,1-5H3,(H3,19,20,21,22,23,24,25). The Morgan fingerprint density at radius 1 is 1.07 bits per heavy atom. The number of carbonyl (C=O) groups is 2. The van der Waals surface area contributed by atoms with Crippen molar-refractivity contribution in [1.82, 2.24) is 9.97 Å². The fraction of sp³-hybridized carbons (Fsp3) is 0.333. The lowest BCUT2D eigenvalue weighted by Crippen LogP contribution is -2.23. The number of amides is 2. The zero-order chi connectivity index (χ0) is 20.1. The zero-order valence-corrected chi connectivity index (χ0v) is 15.9. The smallest absolute Gasteiger partial charge is 0.257 e. The molecule has 2 aromatic rings. The van der Waals surface area contributed by atoms with Crippen LogP contribution in [0.25, 0.3) is 0 Å². The normalized spacial score (nSPS) is 10.3. The fourth-order valence-corrected chi connectivity index (χ4v) is 2.56. The summed E-state index contributed by atoms with van der Waals surface area (Å²) < 4.78 is 10.6. The summed E-state index contributed by atoms with van der Waals surface area (Å²) in [7, 11) is 3.07. The maximum absolute atomic E-state index is 12.6. The van der Waals surface area contributed by atoms with Gasteiger partial charge in [-0.1, -0.05) is 0 Å². The van der Waals surface area contributed by atoms with Crippen molar-refractivity contribution in [2.75, 3.05) is 24.9 Å². The van der Waals surface area contributed by atoms with E-state index in [1.165, 1.54) is 21.0 Å². The largest absolute Gasteiger partial charge is 0.493 e. The highest BCUT2D eigenvalue weighted by molar-refractivity contribution is 5.90. The Balaban J connectivity index is 2.53. The molecule has 1 aromatic heterocycles. The third-order valence-electron chi connectivity index (χ3n) is 3.81. The van der Waals surface area contributed by atoms with Crippen LogP contribution in [0.1, 0.15) is 30.5 Å². The van der Waals surface area contributed by atoms with Crippen LogP contribution in [0.3, 0.4) is 0 Å². The predicted molar refractivity (Wildman–Crippen MR) is 101 cm³/mol. The Bertz CT molecular complexity index is 936. The SMILES string of the molecule is COc1cc(C)c(Cc2c(NC(C)=O)nc(NC(C)=O)[nH]c2=O)cc1OC. The Morgan fingerprint density at radius 3 is 2.22 bits per heavy atom. The Labute approximate surface area is 156 Å². The molecule has 0 aliphatic rings. The quantitative estimate of drug-likeness (QED) is 0.706. The van der Waals surface area contributed by atoms with Gasteiger partial charge in [0.2, 0.25) is 17.8 Å². The molecule has 3 N–H and O–H groups in total. The van der Waals surface area contributed by atoms with Crippen molar-refractivity contribution >= 4 is 23.6 Å². The second-order valence-corrected chi connectivity index (χ2v) is 5.91. The van der Waals surface area contributed by atoms with Crippen LogP contribution >= 0.6 is 0 Å². The average Bonchev–Trinajstić information content (AvgIpc) is 2.57. The molecule has 1 heterocycles. The van der Waals surface area contributed by atoms with Crippen molar-refractivity contribution in [2.24, 2.45) is 0 Å². The van der Waals surface area contributed by atoms with Gasteiger partial charge in [-0.3, -0.25) is 24.7 Å². The third kappa shape index (κ3) is 4.84. The fourth-order valence-electron chi connectivity index (χ4n) is 2.56. The molecule has 2 rings (SSSR count). The molecule has 0 aliphatic heterocycles. The van der Waals surface area contributed by atoms with E-state index < -0.39 is 11.5 Å². The number of carbonyl (C=O) groups excluding carboxylic acids is 2. The number of nitrogens with zero attached hydrogens (tertiary/aromatic N) is 1. The molecular formula is C18H22N4O5. The topological polar surface area (TPSA) is 122 Å². The first-order valence-electron chi connectivity index (χ1n) is 8.15. The van der Waals surface area contributed by atoms with Crippen LogP contribution < -0.4 is 25.7 Å². The second kappa shape index (κ2) is 8.35. The minimum Gasteiger partial charge on any atom is -0.493 e. The van der Waals surface area contributed by atoms with E-state index in [9.17, 15) is 14.4 Å². The van der Waals surface area contributed by atoms with Crippen LogP contribution in [0.5, 0.6) is 11.5 Å². The molecule has 0 saturated heterocycles. The minimum atomic E-state index is -0.466. The Hall–Kier alpha value is -3.36. The van der Waals surface area contributed by atoms with E-state index in [2.05, 4.69) is 20.6 Å². The van der Waals surface area contributed by atoms with Gasteiger partial charge in [0.15, 0.2) is 11.5 Å². The van der Waals surface area contributed by atoms with Crippen molar-refractivity contribution in [3.05, 3.63) is 39.2 Å². The lowest BCUT2D eigenvalue weighted by molar-refractivity contribution is -0.115. The van der Waals surface area contributed by atoms with Gasteiger partial charge in [0.25, 0.3) is 5.56 Å². The molecule has 0 atom stereocenters. The van der Waals surface area contributed by atoms with E-state index in [1.54, 1.807) is 19.2 Å². The van der Waals surface area contributed by atoms with E-state index in [-0.39, 0.29) is 29.7 Å². The molecule has 0 unspecified atom stereocenters. The number of H-pyrrole nitrogens is 1. The first-order chi connectivity index (χ1) is 12.7. The number of aromatic nitrogens is 2. The molecule has 27 heavy (non-hydrogen) atoms. The molecular weight excluding hydrogens is 352 g/mol. The predicted octanol–water partition coefficient (Wildman–Crippen LogP) is 1.60. The van der Waals surface area contributed by atoms with Crippen LogP contribution in [0.15, 0.2) is 16.9 Å². The van der Waals surface area contributed by atoms with Gasteiger partial charge in [0.1, 0.15) is 5.82 Å². The highest BCUT2D eigenvalue weighted by Crippen LogP contribution is 2.31. The molecule has 0 saturated carbocycles. The first kappa shape index (κ1) is 20.0. The highest BCUT2D eigenvalue weighted by Gasteiger charge is 2.17. The molecule has 0 fully saturated rings. The van der Waals surface area contributed by atoms with Crippen LogP contribution in [0.2, 0.25) is 0 Å². The summed E-state index contributed by atoms with van der Waals surface area (Å²) in [6.07, 6.45) is 0.199. The Kier molecular flexibility index (Phi) is 6.17. The minimum absolute atomic E-state index is 0.0379. The van der Waals surface area contributed by atoms with Gasteiger partial charge < -0.3 is 14.8 Å². The maximum Gasteiger partial charge on any atom is 0.257 e. The van der Waals surface area contributed by atoms with Crippen LogP contribution in [0.4, 0.5) is 11.8 Å². The molecule has 0 spiro atoms. The Morgan fingerprint density at radius 2 is 1.67 bits per heavy atom. The van der Waals surface area contributed by atoms with Gasteiger partial charge in [-0.15, -0.1) is 0 Å². The van der Waals surface area contributed by atoms with E-state index in [1.807, 2.05) is 6.92 Å². The molecule has 2 amide bonds. The number of anilines is 2. The van der Waals surface area contributed by atoms with E-state index in [0.717, 1.165) is 11.1 Å². The van der Waals surface area contributed by atoms with E-state index in [4.69, 9.17) is 9.47 Å². The van der Waals surface area contributed by atoms with Crippen LogP contribution in [-0.4, -0.2) is 36.0 Å². The summed E-state index contributed by atoms with van der Waals surface area (Å²) in [4.78, 5) is 42.0. The number of ether oxygens (including phenoxy) is 2. The van der Waals surface area contributed by atoms with Gasteiger partial charge in [0.05, 0.1) is 19.8 Å². The summed E-state index contributed by atoms with van der Waals surface area (Å²) in [5.74, 6) is 0.378. The number of hydrogen-bond acceptors (Lipinski definition) is 6. The number of aromatic amines is 1. The molecule has 1 aromatic carbocycles. The van der Waals surface area contributed by atoms with Crippen LogP contribution in [-0.2, 0) is 16.0 Å². The van der Waals surface area contributed by atoms with Crippen molar-refractivity contribution < 1.29 is 19.1 Å². The lowest BCUT2D eigenvalue weighted by Gasteiger charge is -2.14. The van der Waals surface area contributed by atoms with Gasteiger partial charge >= 0.3 is 0 Å². The highest BCUT2D eigenvalue weighted by atomic mass is 16.5.